The van der Waals surface area contributed by atoms with E-state index in [9.17, 15) is 4.79 Å². The van der Waals surface area contributed by atoms with Crippen molar-refractivity contribution >= 4 is 14.5 Å². The van der Waals surface area contributed by atoms with E-state index < -0.39 is 0 Å². The summed E-state index contributed by atoms with van der Waals surface area (Å²) in [5.41, 5.74) is 0.193. The van der Waals surface area contributed by atoms with Gasteiger partial charge in [-0.15, -0.1) is 8.58 Å². The first-order valence-electron chi connectivity index (χ1n) is 6.73. The highest BCUT2D eigenvalue weighted by Gasteiger charge is 2.35. The molecule has 0 aromatic rings. The molecule has 1 amide bonds. The summed E-state index contributed by atoms with van der Waals surface area (Å²) in [5.74, 6) is 0.219. The maximum absolute atomic E-state index is 12.3. The van der Waals surface area contributed by atoms with E-state index >= 15 is 0 Å². The Morgan fingerprint density at radius 2 is 1.78 bits per heavy atom. The molecule has 4 heteroatoms. The zero-order valence-electron chi connectivity index (χ0n) is 13.2. The van der Waals surface area contributed by atoms with Crippen molar-refractivity contribution in [2.45, 2.75) is 45.7 Å². The van der Waals surface area contributed by atoms with Gasteiger partial charge in [0.05, 0.1) is 5.16 Å². The zero-order valence-corrected chi connectivity index (χ0v) is 14.2. The Kier molecular flexibility index (Phi) is 7.39. The van der Waals surface area contributed by atoms with Crippen molar-refractivity contribution in [1.29, 1.82) is 0 Å². The van der Waals surface area contributed by atoms with Gasteiger partial charge >= 0.3 is 0 Å². The largest absolute Gasteiger partial charge is 0.355 e. The van der Waals surface area contributed by atoms with Gasteiger partial charge in [0.15, 0.2) is 0 Å². The van der Waals surface area contributed by atoms with E-state index in [2.05, 4.69) is 58.7 Å². The van der Waals surface area contributed by atoms with Gasteiger partial charge in [-0.2, -0.15) is 0 Å². The predicted molar refractivity (Wildman–Crippen MR) is 82.9 cm³/mol. The number of nitrogens with one attached hydrogen (secondary N) is 1. The molecule has 0 radical (unpaired) electrons. The number of hydrogen-bond donors (Lipinski definition) is 1. The number of rotatable bonds is 7. The van der Waals surface area contributed by atoms with E-state index in [0.29, 0.717) is 8.58 Å². The minimum absolute atomic E-state index is 0.193. The Morgan fingerprint density at radius 3 is 2.17 bits per heavy atom. The van der Waals surface area contributed by atoms with Gasteiger partial charge in [0.1, 0.15) is 0 Å². The van der Waals surface area contributed by atoms with E-state index in [4.69, 9.17) is 0 Å². The number of amides is 1. The third kappa shape index (κ3) is 7.33. The van der Waals surface area contributed by atoms with E-state index in [1.165, 1.54) is 0 Å². The third-order valence-electron chi connectivity index (χ3n) is 3.00. The summed E-state index contributed by atoms with van der Waals surface area (Å²) in [4.78, 5) is 14.4. The van der Waals surface area contributed by atoms with Crippen LogP contribution in [0.4, 0.5) is 0 Å². The standard InChI is InChI=1S/C14H31N2OP/c1-13(2,3)11-14(4,18-7)12(17)15-9-8-10-16(5)6/h18H,8-11H2,1-7H3,(H,15,17). The van der Waals surface area contributed by atoms with Crippen LogP contribution in [0.5, 0.6) is 0 Å². The molecule has 0 aliphatic rings. The number of hydrogen-bond acceptors (Lipinski definition) is 2. The van der Waals surface area contributed by atoms with Crippen LogP contribution < -0.4 is 5.32 Å². The molecular weight excluding hydrogens is 243 g/mol. The first-order chi connectivity index (χ1) is 8.10. The highest BCUT2D eigenvalue weighted by molar-refractivity contribution is 7.40. The van der Waals surface area contributed by atoms with Gasteiger partial charge < -0.3 is 10.2 Å². The summed E-state index contributed by atoms with van der Waals surface area (Å²) in [7, 11) is 4.75. The predicted octanol–water partition coefficient (Wildman–Crippen LogP) is 2.56. The van der Waals surface area contributed by atoms with Crippen LogP contribution in [0.3, 0.4) is 0 Å². The van der Waals surface area contributed by atoms with Crippen molar-refractivity contribution in [2.24, 2.45) is 5.41 Å². The average Bonchev–Trinajstić information content (AvgIpc) is 2.21. The van der Waals surface area contributed by atoms with Crippen LogP contribution in [0.25, 0.3) is 0 Å². The molecule has 0 rings (SSSR count). The van der Waals surface area contributed by atoms with Gasteiger partial charge in [-0.05, 0) is 52.5 Å². The Bertz CT molecular complexity index is 261. The zero-order chi connectivity index (χ0) is 14.4. The third-order valence-corrected chi connectivity index (χ3v) is 4.51. The first kappa shape index (κ1) is 17.9. The first-order valence-corrected chi connectivity index (χ1v) is 8.23. The molecule has 0 aromatic heterocycles. The fourth-order valence-corrected chi connectivity index (χ4v) is 3.16. The average molecular weight is 274 g/mol. The van der Waals surface area contributed by atoms with Crippen LogP contribution in [0.2, 0.25) is 0 Å². The minimum atomic E-state index is -0.212. The van der Waals surface area contributed by atoms with Crippen molar-refractivity contribution in [3.05, 3.63) is 0 Å². The van der Waals surface area contributed by atoms with Crippen molar-refractivity contribution in [1.82, 2.24) is 10.2 Å². The number of nitrogens with zero attached hydrogens (tertiary/aromatic N) is 1. The monoisotopic (exact) mass is 274 g/mol. The smallest absolute Gasteiger partial charge is 0.229 e. The lowest BCUT2D eigenvalue weighted by Crippen LogP contribution is -2.44. The van der Waals surface area contributed by atoms with E-state index in [1.54, 1.807) is 0 Å². The lowest BCUT2D eigenvalue weighted by Gasteiger charge is -2.33. The fourth-order valence-electron chi connectivity index (χ4n) is 2.14. The van der Waals surface area contributed by atoms with Crippen molar-refractivity contribution in [3.63, 3.8) is 0 Å². The Morgan fingerprint density at radius 1 is 1.22 bits per heavy atom. The molecule has 0 aliphatic heterocycles. The Hall–Kier alpha value is -0.140. The Balaban J connectivity index is 4.26. The van der Waals surface area contributed by atoms with Crippen molar-refractivity contribution < 1.29 is 4.79 Å². The van der Waals surface area contributed by atoms with Crippen LogP contribution in [-0.2, 0) is 4.79 Å². The quantitative estimate of drug-likeness (QED) is 0.571. The molecule has 0 saturated heterocycles. The van der Waals surface area contributed by atoms with Crippen molar-refractivity contribution in [2.75, 3.05) is 33.8 Å². The molecule has 0 saturated carbocycles. The molecule has 0 aromatic carbocycles. The maximum Gasteiger partial charge on any atom is 0.229 e. The molecule has 0 heterocycles. The normalized spacial score (nSPS) is 16.2. The molecular formula is C14H31N2OP. The van der Waals surface area contributed by atoms with Crippen LogP contribution in [0.15, 0.2) is 0 Å². The summed E-state index contributed by atoms with van der Waals surface area (Å²) >= 11 is 0. The SMILES string of the molecule is CPC(C)(CC(C)(C)C)C(=O)NCCCN(C)C. The molecule has 3 nitrogen and oxygen atoms in total. The summed E-state index contributed by atoms with van der Waals surface area (Å²) in [6.45, 7) is 12.6. The van der Waals surface area contributed by atoms with Gasteiger partial charge in [-0.3, -0.25) is 4.79 Å². The highest BCUT2D eigenvalue weighted by atomic mass is 31.1. The second kappa shape index (κ2) is 7.45. The molecule has 18 heavy (non-hydrogen) atoms. The molecule has 0 bridgehead atoms. The van der Waals surface area contributed by atoms with E-state index in [0.717, 1.165) is 25.9 Å². The highest BCUT2D eigenvalue weighted by Crippen LogP contribution is 2.39. The van der Waals surface area contributed by atoms with Crippen LogP contribution in [0, 0.1) is 5.41 Å². The van der Waals surface area contributed by atoms with Gasteiger partial charge in [0.25, 0.3) is 0 Å². The van der Waals surface area contributed by atoms with E-state index in [1.807, 2.05) is 0 Å². The lowest BCUT2D eigenvalue weighted by molar-refractivity contribution is -0.123. The maximum atomic E-state index is 12.3. The molecule has 1 N–H and O–H groups in total. The fraction of sp³-hybridized carbons (Fsp3) is 0.929. The lowest BCUT2D eigenvalue weighted by atomic mass is 9.84. The second-order valence-electron chi connectivity index (χ2n) is 6.73. The number of carbonyl (C=O) groups excluding carboxylic acids is 1. The molecule has 0 aliphatic carbocycles. The Labute approximate surface area is 115 Å². The van der Waals surface area contributed by atoms with Crippen LogP contribution in [0.1, 0.15) is 40.5 Å². The summed E-state index contributed by atoms with van der Waals surface area (Å²) in [5, 5.41) is 2.88. The van der Waals surface area contributed by atoms with Crippen molar-refractivity contribution in [3.8, 4) is 0 Å². The second-order valence-corrected chi connectivity index (χ2v) is 8.34. The van der Waals surface area contributed by atoms with Gasteiger partial charge in [0, 0.05) is 6.54 Å². The van der Waals surface area contributed by atoms with Gasteiger partial charge in [-0.1, -0.05) is 20.8 Å². The topological polar surface area (TPSA) is 32.3 Å². The number of carbonyl (C=O) groups is 1. The molecule has 108 valence electrons. The molecule has 2 unspecified atom stereocenters. The summed E-state index contributed by atoms with van der Waals surface area (Å²) in [6.07, 6.45) is 1.95. The molecule has 0 spiro atoms. The molecule has 2 atom stereocenters. The van der Waals surface area contributed by atoms with Gasteiger partial charge in [0.2, 0.25) is 5.91 Å². The van der Waals surface area contributed by atoms with E-state index in [-0.39, 0.29) is 16.5 Å². The van der Waals surface area contributed by atoms with Gasteiger partial charge in [-0.25, -0.2) is 0 Å². The summed E-state index contributed by atoms with van der Waals surface area (Å²) in [6, 6.07) is 0. The van der Waals surface area contributed by atoms with Crippen LogP contribution >= 0.6 is 8.58 Å². The summed E-state index contributed by atoms with van der Waals surface area (Å²) < 4.78 is 0. The van der Waals surface area contributed by atoms with Crippen LogP contribution in [-0.4, -0.2) is 49.8 Å². The minimum Gasteiger partial charge on any atom is -0.355 e. The molecule has 0 fully saturated rings.